The Morgan fingerprint density at radius 1 is 1.59 bits per heavy atom. The fraction of sp³-hybridized carbons (Fsp3) is 0.583. The normalized spacial score (nSPS) is 17.8. The number of carboxylic acids is 1. The van der Waals surface area contributed by atoms with E-state index in [4.69, 9.17) is 9.52 Å². The average molecular weight is 239 g/mol. The van der Waals surface area contributed by atoms with Crippen LogP contribution >= 0.6 is 0 Å². The molecule has 94 valence electrons. The van der Waals surface area contributed by atoms with E-state index in [0.29, 0.717) is 17.9 Å². The molecule has 0 saturated heterocycles. The summed E-state index contributed by atoms with van der Waals surface area (Å²) >= 11 is 0. The Morgan fingerprint density at radius 3 is 2.71 bits per heavy atom. The third-order valence-electron chi connectivity index (χ3n) is 3.41. The molecule has 3 N–H and O–H groups in total. The first-order valence-corrected chi connectivity index (χ1v) is 5.75. The summed E-state index contributed by atoms with van der Waals surface area (Å²) in [6, 6.07) is 1.72. The van der Waals surface area contributed by atoms with Gasteiger partial charge in [0.15, 0.2) is 0 Å². The molecule has 1 aliphatic carbocycles. The zero-order valence-electron chi connectivity index (χ0n) is 9.82. The second-order valence-electron chi connectivity index (χ2n) is 4.68. The van der Waals surface area contributed by atoms with Crippen molar-refractivity contribution >= 4 is 5.97 Å². The van der Waals surface area contributed by atoms with Gasteiger partial charge in [-0.15, -0.1) is 0 Å². The van der Waals surface area contributed by atoms with Crippen molar-refractivity contribution in [2.24, 2.45) is 0 Å². The molecule has 0 aromatic carbocycles. The molecular formula is C12H17NO4. The summed E-state index contributed by atoms with van der Waals surface area (Å²) in [5, 5.41) is 21.4. The van der Waals surface area contributed by atoms with E-state index in [9.17, 15) is 9.90 Å². The predicted molar refractivity (Wildman–Crippen MR) is 60.9 cm³/mol. The predicted octanol–water partition coefficient (Wildman–Crippen LogP) is 1.29. The van der Waals surface area contributed by atoms with E-state index in [1.54, 1.807) is 13.0 Å². The highest BCUT2D eigenvalue weighted by atomic mass is 16.4. The highest BCUT2D eigenvalue weighted by Gasteiger charge is 2.35. The fourth-order valence-electron chi connectivity index (χ4n) is 2.12. The van der Waals surface area contributed by atoms with Crippen molar-refractivity contribution < 1.29 is 19.4 Å². The van der Waals surface area contributed by atoms with Gasteiger partial charge in [0, 0.05) is 11.1 Å². The smallest absolute Gasteiger partial charge is 0.372 e. The minimum Gasteiger partial charge on any atom is -0.475 e. The highest BCUT2D eigenvalue weighted by Crippen LogP contribution is 2.31. The Balaban J connectivity index is 1.99. The lowest BCUT2D eigenvalue weighted by Gasteiger charge is -2.41. The fourth-order valence-corrected chi connectivity index (χ4v) is 2.12. The molecule has 1 heterocycles. The van der Waals surface area contributed by atoms with Crippen molar-refractivity contribution in [3.05, 3.63) is 23.2 Å². The van der Waals surface area contributed by atoms with E-state index in [0.717, 1.165) is 19.3 Å². The van der Waals surface area contributed by atoms with Crippen molar-refractivity contribution in [1.82, 2.24) is 5.32 Å². The maximum Gasteiger partial charge on any atom is 0.372 e. The number of furan rings is 1. The number of aromatic carboxylic acids is 1. The van der Waals surface area contributed by atoms with Gasteiger partial charge in [-0.3, -0.25) is 0 Å². The lowest BCUT2D eigenvalue weighted by Crippen LogP contribution is -2.53. The van der Waals surface area contributed by atoms with E-state index in [1.807, 2.05) is 0 Å². The number of aryl methyl sites for hydroxylation is 1. The molecule has 0 bridgehead atoms. The number of hydrogen-bond donors (Lipinski definition) is 3. The minimum atomic E-state index is -1.05. The van der Waals surface area contributed by atoms with Crippen molar-refractivity contribution in [2.75, 3.05) is 6.61 Å². The van der Waals surface area contributed by atoms with Crippen LogP contribution in [0.2, 0.25) is 0 Å². The molecule has 1 aromatic rings. The number of carboxylic acid groups (broad SMARTS) is 1. The zero-order valence-corrected chi connectivity index (χ0v) is 9.82. The maximum atomic E-state index is 10.8. The summed E-state index contributed by atoms with van der Waals surface area (Å²) in [4.78, 5) is 10.8. The van der Waals surface area contributed by atoms with Crippen LogP contribution in [0.4, 0.5) is 0 Å². The lowest BCUT2D eigenvalue weighted by atomic mass is 9.77. The Labute approximate surface area is 99.4 Å². The molecule has 5 heteroatoms. The molecule has 1 saturated carbocycles. The van der Waals surface area contributed by atoms with Crippen LogP contribution in [0.1, 0.15) is 41.1 Å². The Morgan fingerprint density at radius 2 is 2.29 bits per heavy atom. The third-order valence-corrected chi connectivity index (χ3v) is 3.41. The molecule has 0 radical (unpaired) electrons. The van der Waals surface area contributed by atoms with E-state index in [1.165, 1.54) is 0 Å². The molecule has 0 unspecified atom stereocenters. The molecule has 1 fully saturated rings. The first-order valence-electron chi connectivity index (χ1n) is 5.75. The van der Waals surface area contributed by atoms with Gasteiger partial charge in [-0.2, -0.15) is 0 Å². The Bertz CT molecular complexity index is 415. The van der Waals surface area contributed by atoms with Gasteiger partial charge >= 0.3 is 5.97 Å². The van der Waals surface area contributed by atoms with Crippen LogP contribution in [0.5, 0.6) is 0 Å². The average Bonchev–Trinajstić information content (AvgIpc) is 2.59. The number of hydrogen-bond acceptors (Lipinski definition) is 4. The van der Waals surface area contributed by atoms with E-state index >= 15 is 0 Å². The highest BCUT2D eigenvalue weighted by molar-refractivity contribution is 5.86. The summed E-state index contributed by atoms with van der Waals surface area (Å²) in [6.07, 6.45) is 3.02. The first-order chi connectivity index (χ1) is 8.06. The molecule has 0 amide bonds. The monoisotopic (exact) mass is 239 g/mol. The van der Waals surface area contributed by atoms with E-state index in [-0.39, 0.29) is 17.9 Å². The molecule has 2 rings (SSSR count). The maximum absolute atomic E-state index is 10.8. The molecule has 1 aromatic heterocycles. The van der Waals surface area contributed by atoms with E-state index in [2.05, 4.69) is 5.32 Å². The van der Waals surface area contributed by atoms with Crippen molar-refractivity contribution in [3.63, 3.8) is 0 Å². The number of nitrogens with one attached hydrogen (secondary N) is 1. The molecular weight excluding hydrogens is 222 g/mol. The van der Waals surface area contributed by atoms with Crippen LogP contribution in [0.3, 0.4) is 0 Å². The lowest BCUT2D eigenvalue weighted by molar-refractivity contribution is 0.0654. The topological polar surface area (TPSA) is 82.7 Å². The summed E-state index contributed by atoms with van der Waals surface area (Å²) in [6.45, 7) is 2.27. The number of rotatable bonds is 5. The number of carbonyl (C=O) groups is 1. The van der Waals surface area contributed by atoms with Crippen LogP contribution in [-0.4, -0.2) is 28.3 Å². The molecule has 0 atom stereocenters. The van der Waals surface area contributed by atoms with Gasteiger partial charge in [-0.1, -0.05) is 0 Å². The van der Waals surface area contributed by atoms with Crippen molar-refractivity contribution in [3.8, 4) is 0 Å². The third kappa shape index (κ3) is 2.35. The van der Waals surface area contributed by atoms with Crippen LogP contribution < -0.4 is 5.32 Å². The minimum absolute atomic E-state index is 0.00606. The summed E-state index contributed by atoms with van der Waals surface area (Å²) in [5.41, 5.74) is 0.435. The molecule has 5 nitrogen and oxygen atoms in total. The van der Waals surface area contributed by atoms with Crippen LogP contribution in [-0.2, 0) is 6.54 Å². The molecule has 1 aliphatic rings. The molecule has 0 spiro atoms. The standard InChI is InChI=1S/C12H17NO4/c1-8-5-9(17-10(8)11(15)16)6-13-12(7-14)3-2-4-12/h5,13-14H,2-4,6-7H2,1H3,(H,15,16). The van der Waals surface area contributed by atoms with Crippen LogP contribution in [0, 0.1) is 6.92 Å². The SMILES string of the molecule is Cc1cc(CNC2(CO)CCC2)oc1C(=O)O. The first kappa shape index (κ1) is 12.1. The van der Waals surface area contributed by atoms with Gasteiger partial charge < -0.3 is 19.9 Å². The Hall–Kier alpha value is -1.33. The van der Waals surface area contributed by atoms with Gasteiger partial charge in [0.25, 0.3) is 0 Å². The van der Waals surface area contributed by atoms with Gasteiger partial charge in [-0.05, 0) is 32.3 Å². The van der Waals surface area contributed by atoms with Crippen molar-refractivity contribution in [2.45, 2.75) is 38.3 Å². The van der Waals surface area contributed by atoms with Crippen LogP contribution in [0.25, 0.3) is 0 Å². The molecule has 17 heavy (non-hydrogen) atoms. The van der Waals surface area contributed by atoms with Crippen LogP contribution in [0.15, 0.2) is 10.5 Å². The van der Waals surface area contributed by atoms with Gasteiger partial charge in [0.05, 0.1) is 13.2 Å². The van der Waals surface area contributed by atoms with E-state index < -0.39 is 5.97 Å². The number of aliphatic hydroxyl groups excluding tert-OH is 1. The second kappa shape index (κ2) is 4.50. The Kier molecular flexibility index (Phi) is 3.22. The quantitative estimate of drug-likeness (QED) is 0.721. The summed E-state index contributed by atoms with van der Waals surface area (Å²) in [7, 11) is 0. The van der Waals surface area contributed by atoms with Gasteiger partial charge in [0.1, 0.15) is 5.76 Å². The van der Waals surface area contributed by atoms with Gasteiger partial charge in [-0.25, -0.2) is 4.79 Å². The van der Waals surface area contributed by atoms with Crippen molar-refractivity contribution in [1.29, 1.82) is 0 Å². The zero-order chi connectivity index (χ0) is 12.5. The second-order valence-corrected chi connectivity index (χ2v) is 4.68. The molecule has 0 aliphatic heterocycles. The van der Waals surface area contributed by atoms with Gasteiger partial charge in [0.2, 0.25) is 5.76 Å². The summed E-state index contributed by atoms with van der Waals surface area (Å²) < 4.78 is 5.24. The summed E-state index contributed by atoms with van der Waals surface area (Å²) in [5.74, 6) is -0.456. The number of aliphatic hydroxyl groups is 1. The largest absolute Gasteiger partial charge is 0.475 e.